The molecule has 1 aliphatic heterocycles. The van der Waals surface area contributed by atoms with Gasteiger partial charge in [-0.3, -0.25) is 4.79 Å². The van der Waals surface area contributed by atoms with Crippen LogP contribution in [0.2, 0.25) is 0 Å². The van der Waals surface area contributed by atoms with Gasteiger partial charge in [0.2, 0.25) is 5.91 Å². The van der Waals surface area contributed by atoms with Crippen molar-refractivity contribution in [1.82, 2.24) is 9.88 Å². The van der Waals surface area contributed by atoms with E-state index in [4.69, 9.17) is 4.98 Å². The van der Waals surface area contributed by atoms with Gasteiger partial charge in [0.25, 0.3) is 0 Å². The molecule has 1 aromatic carbocycles. The number of amides is 1. The van der Waals surface area contributed by atoms with E-state index in [0.29, 0.717) is 5.91 Å². The molecule has 1 aliphatic carbocycles. The van der Waals surface area contributed by atoms with Gasteiger partial charge in [-0.2, -0.15) is 0 Å². The topological polar surface area (TPSA) is 56.7 Å². The van der Waals surface area contributed by atoms with Crippen LogP contribution in [-0.4, -0.2) is 47.1 Å². The molecule has 0 bridgehead atoms. The molecule has 1 amide bonds. The lowest BCUT2D eigenvalue weighted by Gasteiger charge is -2.39. The summed E-state index contributed by atoms with van der Waals surface area (Å²) >= 11 is 0. The molecule has 2 fully saturated rings. The Kier molecular flexibility index (Phi) is 4.10. The zero-order valence-electron chi connectivity index (χ0n) is 13.8. The SMILES string of the molecule is O=C(C1CCC1)N1CCN(c2nc3ccccc3cc2CO)CC1. The van der Waals surface area contributed by atoms with Gasteiger partial charge in [-0.25, -0.2) is 4.98 Å². The normalized spacial score (nSPS) is 18.7. The van der Waals surface area contributed by atoms with E-state index in [1.165, 1.54) is 6.42 Å². The molecule has 0 spiro atoms. The molecule has 0 unspecified atom stereocenters. The first-order valence-electron chi connectivity index (χ1n) is 8.79. The fourth-order valence-electron chi connectivity index (χ4n) is 3.59. The minimum Gasteiger partial charge on any atom is -0.392 e. The highest BCUT2D eigenvalue weighted by molar-refractivity contribution is 5.82. The van der Waals surface area contributed by atoms with E-state index in [0.717, 1.165) is 61.3 Å². The number of fused-ring (bicyclic) bond motifs is 1. The average Bonchev–Trinajstić information content (AvgIpc) is 2.59. The van der Waals surface area contributed by atoms with Crippen molar-refractivity contribution >= 4 is 22.6 Å². The number of aromatic nitrogens is 1. The summed E-state index contributed by atoms with van der Waals surface area (Å²) in [5, 5.41) is 10.8. The highest BCUT2D eigenvalue weighted by Gasteiger charge is 2.31. The van der Waals surface area contributed by atoms with Gasteiger partial charge in [0.15, 0.2) is 0 Å². The van der Waals surface area contributed by atoms with E-state index in [1.54, 1.807) is 0 Å². The molecular formula is C19H23N3O2. The molecule has 126 valence electrons. The average molecular weight is 325 g/mol. The first kappa shape index (κ1) is 15.4. The Bertz CT molecular complexity index is 749. The van der Waals surface area contributed by atoms with Crippen molar-refractivity contribution in [2.24, 2.45) is 5.92 Å². The lowest BCUT2D eigenvalue weighted by molar-refractivity contribution is -0.138. The molecule has 0 radical (unpaired) electrons. The third-order valence-electron chi connectivity index (χ3n) is 5.30. The van der Waals surface area contributed by atoms with Gasteiger partial charge in [-0.1, -0.05) is 24.6 Å². The number of hydrogen-bond acceptors (Lipinski definition) is 4. The van der Waals surface area contributed by atoms with E-state index in [-0.39, 0.29) is 12.5 Å². The summed E-state index contributed by atoms with van der Waals surface area (Å²) in [6.07, 6.45) is 3.30. The van der Waals surface area contributed by atoms with Crippen LogP contribution in [0.15, 0.2) is 30.3 Å². The zero-order chi connectivity index (χ0) is 16.5. The zero-order valence-corrected chi connectivity index (χ0v) is 13.8. The minimum absolute atomic E-state index is 0.0195. The molecule has 24 heavy (non-hydrogen) atoms. The number of rotatable bonds is 3. The number of pyridine rings is 1. The third-order valence-corrected chi connectivity index (χ3v) is 5.30. The van der Waals surface area contributed by atoms with Gasteiger partial charge in [0.1, 0.15) is 5.82 Å². The van der Waals surface area contributed by atoms with Gasteiger partial charge in [0, 0.05) is 43.0 Å². The third kappa shape index (κ3) is 2.73. The molecule has 1 saturated carbocycles. The fraction of sp³-hybridized carbons (Fsp3) is 0.474. The number of para-hydroxylation sites is 1. The number of piperazine rings is 1. The number of carbonyl (C=O) groups excluding carboxylic acids is 1. The molecule has 2 aromatic rings. The Hall–Kier alpha value is -2.14. The van der Waals surface area contributed by atoms with Crippen molar-refractivity contribution in [3.05, 3.63) is 35.9 Å². The Morgan fingerprint density at radius 1 is 1.17 bits per heavy atom. The lowest BCUT2D eigenvalue weighted by Crippen LogP contribution is -2.51. The summed E-state index contributed by atoms with van der Waals surface area (Å²) in [4.78, 5) is 21.3. The maximum absolute atomic E-state index is 12.4. The minimum atomic E-state index is -0.0195. The van der Waals surface area contributed by atoms with Gasteiger partial charge in [0.05, 0.1) is 12.1 Å². The summed E-state index contributed by atoms with van der Waals surface area (Å²) in [7, 11) is 0. The molecular weight excluding hydrogens is 302 g/mol. The second kappa shape index (κ2) is 6.40. The van der Waals surface area contributed by atoms with Crippen LogP contribution in [-0.2, 0) is 11.4 Å². The number of benzene rings is 1. The van der Waals surface area contributed by atoms with Crippen molar-refractivity contribution in [2.45, 2.75) is 25.9 Å². The molecule has 5 nitrogen and oxygen atoms in total. The van der Waals surface area contributed by atoms with Crippen LogP contribution in [0.25, 0.3) is 10.9 Å². The van der Waals surface area contributed by atoms with E-state index >= 15 is 0 Å². The van der Waals surface area contributed by atoms with Gasteiger partial charge in [-0.15, -0.1) is 0 Å². The summed E-state index contributed by atoms with van der Waals surface area (Å²) < 4.78 is 0. The molecule has 1 aromatic heterocycles. The van der Waals surface area contributed by atoms with Gasteiger partial charge >= 0.3 is 0 Å². The first-order chi connectivity index (χ1) is 11.8. The number of aliphatic hydroxyl groups excluding tert-OH is 1. The number of anilines is 1. The van der Waals surface area contributed by atoms with Crippen molar-refractivity contribution in [3.8, 4) is 0 Å². The molecule has 4 rings (SSSR count). The van der Waals surface area contributed by atoms with Crippen LogP contribution in [0, 0.1) is 5.92 Å². The van der Waals surface area contributed by atoms with Crippen LogP contribution >= 0.6 is 0 Å². The summed E-state index contributed by atoms with van der Waals surface area (Å²) in [6.45, 7) is 3.02. The van der Waals surface area contributed by atoms with E-state index in [2.05, 4.69) is 4.90 Å². The molecule has 0 atom stereocenters. The summed E-state index contributed by atoms with van der Waals surface area (Å²) in [5.41, 5.74) is 1.80. The van der Waals surface area contributed by atoms with Crippen LogP contribution in [0.4, 0.5) is 5.82 Å². The van der Waals surface area contributed by atoms with E-state index in [9.17, 15) is 9.90 Å². The molecule has 2 aliphatic rings. The number of carbonyl (C=O) groups is 1. The monoisotopic (exact) mass is 325 g/mol. The Morgan fingerprint density at radius 2 is 1.92 bits per heavy atom. The van der Waals surface area contributed by atoms with Crippen molar-refractivity contribution in [1.29, 1.82) is 0 Å². The second-order valence-corrected chi connectivity index (χ2v) is 6.76. The standard InChI is InChI=1S/C19H23N3O2/c23-13-16-12-15-4-1-2-7-17(15)20-18(16)21-8-10-22(11-9-21)19(24)14-5-3-6-14/h1-2,4,7,12,14,23H,3,5-6,8-11,13H2. The number of hydrogen-bond donors (Lipinski definition) is 1. The maximum Gasteiger partial charge on any atom is 0.225 e. The first-order valence-corrected chi connectivity index (χ1v) is 8.79. The highest BCUT2D eigenvalue weighted by Crippen LogP contribution is 2.29. The van der Waals surface area contributed by atoms with Crippen molar-refractivity contribution < 1.29 is 9.90 Å². The summed E-state index contributed by atoms with van der Waals surface area (Å²) in [6, 6.07) is 9.99. The van der Waals surface area contributed by atoms with Crippen LogP contribution in [0.3, 0.4) is 0 Å². The Morgan fingerprint density at radius 3 is 2.58 bits per heavy atom. The lowest BCUT2D eigenvalue weighted by atomic mass is 9.84. The Labute approximate surface area is 141 Å². The fourth-order valence-corrected chi connectivity index (χ4v) is 3.59. The number of nitrogens with zero attached hydrogens (tertiary/aromatic N) is 3. The predicted octanol–water partition coefficient (Wildman–Crippen LogP) is 2.18. The van der Waals surface area contributed by atoms with Crippen molar-refractivity contribution in [3.63, 3.8) is 0 Å². The van der Waals surface area contributed by atoms with Gasteiger partial charge < -0.3 is 14.9 Å². The maximum atomic E-state index is 12.4. The molecule has 2 heterocycles. The van der Waals surface area contributed by atoms with Crippen LogP contribution in [0.5, 0.6) is 0 Å². The van der Waals surface area contributed by atoms with E-state index < -0.39 is 0 Å². The smallest absolute Gasteiger partial charge is 0.225 e. The highest BCUT2D eigenvalue weighted by atomic mass is 16.3. The summed E-state index contributed by atoms with van der Waals surface area (Å²) in [5.74, 6) is 1.45. The van der Waals surface area contributed by atoms with Crippen LogP contribution in [0.1, 0.15) is 24.8 Å². The van der Waals surface area contributed by atoms with Crippen molar-refractivity contribution in [2.75, 3.05) is 31.1 Å². The number of aliphatic hydroxyl groups is 1. The molecule has 5 heteroatoms. The molecule has 1 saturated heterocycles. The second-order valence-electron chi connectivity index (χ2n) is 6.76. The van der Waals surface area contributed by atoms with Crippen LogP contribution < -0.4 is 4.90 Å². The van der Waals surface area contributed by atoms with E-state index in [1.807, 2.05) is 35.2 Å². The quantitative estimate of drug-likeness (QED) is 0.940. The Balaban J connectivity index is 1.52. The largest absolute Gasteiger partial charge is 0.392 e. The molecule has 1 N–H and O–H groups in total. The van der Waals surface area contributed by atoms with Gasteiger partial charge in [-0.05, 0) is 25.0 Å². The predicted molar refractivity (Wildman–Crippen MR) is 93.8 cm³/mol.